The fraction of sp³-hybridized carbons (Fsp3) is 0.533. The van der Waals surface area contributed by atoms with E-state index < -0.39 is 6.10 Å². The summed E-state index contributed by atoms with van der Waals surface area (Å²) in [6, 6.07) is 7.27. The summed E-state index contributed by atoms with van der Waals surface area (Å²) in [7, 11) is 3.61. The Bertz CT molecular complexity index is 449. The second-order valence-electron chi connectivity index (χ2n) is 4.82. The monoisotopic (exact) mass is 279 g/mol. The fourth-order valence-corrected chi connectivity index (χ4v) is 2.14. The number of morpholine rings is 1. The lowest BCUT2D eigenvalue weighted by molar-refractivity contribution is -0.00881. The summed E-state index contributed by atoms with van der Waals surface area (Å²) < 4.78 is 16.1. The second-order valence-corrected chi connectivity index (χ2v) is 4.82. The first-order chi connectivity index (χ1) is 9.72. The summed E-state index contributed by atoms with van der Waals surface area (Å²) in [5.74, 6) is 0.566. The van der Waals surface area contributed by atoms with Crippen molar-refractivity contribution in [2.24, 2.45) is 0 Å². The van der Waals surface area contributed by atoms with Gasteiger partial charge in [-0.3, -0.25) is 4.79 Å². The van der Waals surface area contributed by atoms with E-state index in [2.05, 4.69) is 4.90 Å². The molecule has 0 amide bonds. The molecule has 20 heavy (non-hydrogen) atoms. The van der Waals surface area contributed by atoms with Crippen LogP contribution >= 0.6 is 0 Å². The lowest BCUT2D eigenvalue weighted by Crippen LogP contribution is -2.44. The van der Waals surface area contributed by atoms with Gasteiger partial charge in [-0.2, -0.15) is 0 Å². The number of ketones is 1. The van der Waals surface area contributed by atoms with Gasteiger partial charge < -0.3 is 19.1 Å². The summed E-state index contributed by atoms with van der Waals surface area (Å²) >= 11 is 0. The van der Waals surface area contributed by atoms with Gasteiger partial charge >= 0.3 is 0 Å². The molecule has 110 valence electrons. The number of likely N-dealkylation sites (N-methyl/N-ethyl adjacent to an activating group) is 1. The van der Waals surface area contributed by atoms with Crippen molar-refractivity contribution in [1.29, 1.82) is 0 Å². The normalized spacial score (nSPS) is 19.8. The number of rotatable bonds is 6. The number of hydrogen-bond acceptors (Lipinski definition) is 5. The first kappa shape index (κ1) is 15.0. The molecular formula is C15H21NO4. The third kappa shape index (κ3) is 3.79. The van der Waals surface area contributed by atoms with Gasteiger partial charge in [0.25, 0.3) is 0 Å². The predicted molar refractivity (Wildman–Crippen MR) is 75.4 cm³/mol. The van der Waals surface area contributed by atoms with Gasteiger partial charge in [-0.1, -0.05) is 12.1 Å². The molecule has 2 rings (SSSR count). The summed E-state index contributed by atoms with van der Waals surface area (Å²) in [6.07, 6.45) is -0.416. The van der Waals surface area contributed by atoms with Crippen LogP contribution in [0.15, 0.2) is 24.3 Å². The van der Waals surface area contributed by atoms with Crippen molar-refractivity contribution in [3.8, 4) is 5.75 Å². The van der Waals surface area contributed by atoms with E-state index in [0.29, 0.717) is 37.7 Å². The maximum atomic E-state index is 12.5. The van der Waals surface area contributed by atoms with Crippen molar-refractivity contribution in [3.63, 3.8) is 0 Å². The number of nitrogens with zero attached hydrogens (tertiary/aromatic N) is 1. The van der Waals surface area contributed by atoms with E-state index in [1.165, 1.54) is 0 Å². The zero-order chi connectivity index (χ0) is 14.4. The molecule has 0 saturated carbocycles. The number of methoxy groups -OCH3 is 1. The summed E-state index contributed by atoms with van der Waals surface area (Å²) in [5, 5.41) is 0. The average Bonchev–Trinajstić information content (AvgIpc) is 2.47. The van der Waals surface area contributed by atoms with E-state index in [-0.39, 0.29) is 5.78 Å². The number of hydrogen-bond donors (Lipinski definition) is 0. The minimum Gasteiger partial charge on any atom is -0.490 e. The van der Waals surface area contributed by atoms with Crippen LogP contribution < -0.4 is 4.74 Å². The molecule has 1 aromatic rings. The van der Waals surface area contributed by atoms with E-state index in [1.807, 2.05) is 19.2 Å². The molecule has 0 radical (unpaired) electrons. The Morgan fingerprint density at radius 2 is 2.20 bits per heavy atom. The highest BCUT2D eigenvalue weighted by molar-refractivity contribution is 6.02. The number of benzene rings is 1. The Morgan fingerprint density at radius 1 is 1.40 bits per heavy atom. The Hall–Kier alpha value is -1.43. The zero-order valence-corrected chi connectivity index (χ0v) is 12.0. The van der Waals surface area contributed by atoms with Crippen molar-refractivity contribution in [2.75, 3.05) is 47.1 Å². The summed E-state index contributed by atoms with van der Waals surface area (Å²) in [5.41, 5.74) is 0.573. The molecule has 1 unspecified atom stereocenters. The molecule has 1 aliphatic rings. The quantitative estimate of drug-likeness (QED) is 0.579. The molecule has 1 heterocycles. The van der Waals surface area contributed by atoms with Gasteiger partial charge in [-0.15, -0.1) is 0 Å². The molecule has 1 saturated heterocycles. The van der Waals surface area contributed by atoms with E-state index in [0.717, 1.165) is 6.54 Å². The molecule has 1 aliphatic heterocycles. The molecule has 1 aromatic carbocycles. The van der Waals surface area contributed by atoms with Gasteiger partial charge in [0, 0.05) is 20.2 Å². The maximum absolute atomic E-state index is 12.5. The lowest BCUT2D eigenvalue weighted by Gasteiger charge is -2.29. The molecule has 1 atom stereocenters. The van der Waals surface area contributed by atoms with Gasteiger partial charge in [0.2, 0.25) is 0 Å². The highest BCUT2D eigenvalue weighted by Crippen LogP contribution is 2.21. The second kappa shape index (κ2) is 7.38. The third-order valence-corrected chi connectivity index (χ3v) is 3.26. The van der Waals surface area contributed by atoms with Crippen LogP contribution in [0.5, 0.6) is 5.75 Å². The molecule has 5 nitrogen and oxygen atoms in total. The van der Waals surface area contributed by atoms with Crippen molar-refractivity contribution in [1.82, 2.24) is 4.90 Å². The van der Waals surface area contributed by atoms with Crippen molar-refractivity contribution < 1.29 is 19.0 Å². The highest BCUT2D eigenvalue weighted by atomic mass is 16.5. The van der Waals surface area contributed by atoms with Gasteiger partial charge in [0.05, 0.1) is 18.8 Å². The Labute approximate surface area is 119 Å². The topological polar surface area (TPSA) is 48.0 Å². The molecule has 1 fully saturated rings. The van der Waals surface area contributed by atoms with Crippen LogP contribution in [0.2, 0.25) is 0 Å². The Morgan fingerprint density at radius 3 is 2.95 bits per heavy atom. The maximum Gasteiger partial charge on any atom is 0.196 e. The van der Waals surface area contributed by atoms with Crippen molar-refractivity contribution in [3.05, 3.63) is 29.8 Å². The van der Waals surface area contributed by atoms with Crippen LogP contribution in [0, 0.1) is 0 Å². The van der Waals surface area contributed by atoms with Gasteiger partial charge in [0.1, 0.15) is 18.5 Å². The number of Topliss-reactive ketones (excluding diaryl/α,β-unsaturated/α-hetero) is 1. The third-order valence-electron chi connectivity index (χ3n) is 3.26. The molecule has 5 heteroatoms. The highest BCUT2D eigenvalue weighted by Gasteiger charge is 2.27. The number of carbonyl (C=O) groups is 1. The van der Waals surface area contributed by atoms with Crippen LogP contribution in [0.25, 0.3) is 0 Å². The minimum atomic E-state index is -0.416. The van der Waals surface area contributed by atoms with E-state index in [1.54, 1.807) is 19.2 Å². The van der Waals surface area contributed by atoms with Crippen molar-refractivity contribution >= 4 is 5.78 Å². The molecule has 0 spiro atoms. The Kier molecular flexibility index (Phi) is 5.52. The van der Waals surface area contributed by atoms with Crippen LogP contribution in [-0.4, -0.2) is 63.9 Å². The summed E-state index contributed by atoms with van der Waals surface area (Å²) in [6.45, 7) is 2.97. The Balaban J connectivity index is 2.08. The predicted octanol–water partition coefficient (Wildman–Crippen LogP) is 1.23. The molecule has 0 aromatic heterocycles. The first-order valence-corrected chi connectivity index (χ1v) is 6.77. The van der Waals surface area contributed by atoms with E-state index >= 15 is 0 Å². The van der Waals surface area contributed by atoms with Gasteiger partial charge in [-0.25, -0.2) is 0 Å². The van der Waals surface area contributed by atoms with Crippen LogP contribution in [-0.2, 0) is 9.47 Å². The molecular weight excluding hydrogens is 258 g/mol. The van der Waals surface area contributed by atoms with Gasteiger partial charge in [-0.05, 0) is 19.2 Å². The SMILES string of the molecule is COCCOc1ccccc1C(=O)C1CN(C)CCO1. The van der Waals surface area contributed by atoms with Gasteiger partial charge in [0.15, 0.2) is 5.78 Å². The fourth-order valence-electron chi connectivity index (χ4n) is 2.14. The molecule has 0 N–H and O–H groups in total. The standard InChI is InChI=1S/C15H21NO4/c1-16-7-8-19-14(11-16)15(17)12-5-3-4-6-13(12)20-10-9-18-2/h3-6,14H,7-11H2,1-2H3. The average molecular weight is 279 g/mol. The largest absolute Gasteiger partial charge is 0.490 e. The molecule has 0 aliphatic carbocycles. The number of ether oxygens (including phenoxy) is 3. The molecule has 0 bridgehead atoms. The van der Waals surface area contributed by atoms with Crippen LogP contribution in [0.1, 0.15) is 10.4 Å². The minimum absolute atomic E-state index is 0.0235. The summed E-state index contributed by atoms with van der Waals surface area (Å²) in [4.78, 5) is 14.6. The smallest absolute Gasteiger partial charge is 0.196 e. The lowest BCUT2D eigenvalue weighted by atomic mass is 10.0. The van der Waals surface area contributed by atoms with E-state index in [4.69, 9.17) is 14.2 Å². The number of carbonyl (C=O) groups excluding carboxylic acids is 1. The zero-order valence-electron chi connectivity index (χ0n) is 12.0. The van der Waals surface area contributed by atoms with Crippen LogP contribution in [0.3, 0.4) is 0 Å². The van der Waals surface area contributed by atoms with Crippen LogP contribution in [0.4, 0.5) is 0 Å². The van der Waals surface area contributed by atoms with E-state index in [9.17, 15) is 4.79 Å². The first-order valence-electron chi connectivity index (χ1n) is 6.77. The number of para-hydroxylation sites is 1. The van der Waals surface area contributed by atoms with Crippen molar-refractivity contribution in [2.45, 2.75) is 6.10 Å².